The van der Waals surface area contributed by atoms with Crippen molar-refractivity contribution in [3.63, 3.8) is 0 Å². The standard InChI is InChI=1S/C19H23N3O3S/c1-2-12-22-18-11-7-6-10-17(18)21-19(22)15-20-26(23,24)14-13-25-16-8-4-3-5-9-16/h3-11,20H,2,12-15H2,1H3. The largest absolute Gasteiger partial charge is 0.492 e. The number of nitrogens with zero attached hydrogens (tertiary/aromatic N) is 2. The maximum Gasteiger partial charge on any atom is 0.215 e. The summed E-state index contributed by atoms with van der Waals surface area (Å²) in [5.41, 5.74) is 1.90. The zero-order chi connectivity index (χ0) is 18.4. The van der Waals surface area contributed by atoms with Gasteiger partial charge in [0.05, 0.1) is 23.3 Å². The molecule has 138 valence electrons. The number of nitrogens with one attached hydrogen (secondary N) is 1. The Morgan fingerprint density at radius 2 is 1.81 bits per heavy atom. The van der Waals surface area contributed by atoms with Crippen molar-refractivity contribution in [1.29, 1.82) is 0 Å². The lowest BCUT2D eigenvalue weighted by Gasteiger charge is -2.10. The Bertz CT molecular complexity index is 953. The molecule has 3 aromatic rings. The Balaban J connectivity index is 1.62. The van der Waals surface area contributed by atoms with Crippen LogP contribution in [0.4, 0.5) is 0 Å². The van der Waals surface area contributed by atoms with Gasteiger partial charge in [-0.2, -0.15) is 0 Å². The summed E-state index contributed by atoms with van der Waals surface area (Å²) in [4.78, 5) is 4.57. The molecule has 0 saturated carbocycles. The number of benzene rings is 2. The van der Waals surface area contributed by atoms with Crippen LogP contribution < -0.4 is 9.46 Å². The fraction of sp³-hybridized carbons (Fsp3) is 0.316. The van der Waals surface area contributed by atoms with Crippen molar-refractivity contribution in [1.82, 2.24) is 14.3 Å². The van der Waals surface area contributed by atoms with Gasteiger partial charge in [-0.05, 0) is 30.7 Å². The topological polar surface area (TPSA) is 73.2 Å². The van der Waals surface area contributed by atoms with Gasteiger partial charge in [0.1, 0.15) is 18.2 Å². The van der Waals surface area contributed by atoms with Crippen LogP contribution in [0, 0.1) is 0 Å². The zero-order valence-electron chi connectivity index (χ0n) is 14.8. The van der Waals surface area contributed by atoms with Gasteiger partial charge >= 0.3 is 0 Å². The maximum absolute atomic E-state index is 12.3. The highest BCUT2D eigenvalue weighted by atomic mass is 32.2. The smallest absolute Gasteiger partial charge is 0.215 e. The quantitative estimate of drug-likeness (QED) is 0.626. The minimum absolute atomic E-state index is 0.101. The molecule has 2 aromatic carbocycles. The number of para-hydroxylation sites is 3. The van der Waals surface area contributed by atoms with E-state index in [1.54, 1.807) is 12.1 Å². The molecule has 0 atom stereocenters. The lowest BCUT2D eigenvalue weighted by molar-refractivity contribution is 0.340. The molecule has 7 heteroatoms. The van der Waals surface area contributed by atoms with Crippen LogP contribution in [0.5, 0.6) is 5.75 Å². The summed E-state index contributed by atoms with van der Waals surface area (Å²) in [5, 5.41) is 0. The summed E-state index contributed by atoms with van der Waals surface area (Å²) in [7, 11) is -3.45. The van der Waals surface area contributed by atoms with Crippen molar-refractivity contribution in [2.45, 2.75) is 26.4 Å². The number of sulfonamides is 1. The molecular weight excluding hydrogens is 350 g/mol. The highest BCUT2D eigenvalue weighted by molar-refractivity contribution is 7.89. The Morgan fingerprint density at radius 1 is 1.08 bits per heavy atom. The highest BCUT2D eigenvalue weighted by Crippen LogP contribution is 2.16. The fourth-order valence-electron chi connectivity index (χ4n) is 2.77. The molecule has 0 bridgehead atoms. The molecule has 0 aliphatic heterocycles. The first kappa shape index (κ1) is 18.4. The van der Waals surface area contributed by atoms with E-state index in [-0.39, 0.29) is 18.9 Å². The van der Waals surface area contributed by atoms with Gasteiger partial charge in [-0.15, -0.1) is 0 Å². The molecule has 1 aromatic heterocycles. The lowest BCUT2D eigenvalue weighted by Crippen LogP contribution is -2.29. The minimum atomic E-state index is -3.45. The van der Waals surface area contributed by atoms with Gasteiger partial charge in [0, 0.05) is 6.54 Å². The van der Waals surface area contributed by atoms with Crippen LogP contribution >= 0.6 is 0 Å². The van der Waals surface area contributed by atoms with E-state index >= 15 is 0 Å². The predicted molar refractivity (Wildman–Crippen MR) is 103 cm³/mol. The second-order valence-corrected chi connectivity index (χ2v) is 7.90. The first-order valence-electron chi connectivity index (χ1n) is 8.68. The normalized spacial score (nSPS) is 11.7. The molecule has 0 spiro atoms. The van der Waals surface area contributed by atoms with Gasteiger partial charge in [0.25, 0.3) is 0 Å². The number of aromatic nitrogens is 2. The lowest BCUT2D eigenvalue weighted by atomic mass is 10.3. The van der Waals surface area contributed by atoms with E-state index in [0.717, 1.165) is 29.8 Å². The van der Waals surface area contributed by atoms with Crippen LogP contribution in [-0.4, -0.2) is 30.3 Å². The van der Waals surface area contributed by atoms with Gasteiger partial charge in [0.2, 0.25) is 10.0 Å². The Labute approximate surface area is 153 Å². The van der Waals surface area contributed by atoms with Crippen LogP contribution in [0.15, 0.2) is 54.6 Å². The third-order valence-corrected chi connectivity index (χ3v) is 5.28. The summed E-state index contributed by atoms with van der Waals surface area (Å²) >= 11 is 0. The molecule has 0 aliphatic rings. The molecule has 1 heterocycles. The summed E-state index contributed by atoms with van der Waals surface area (Å²) in [6.45, 7) is 3.16. The summed E-state index contributed by atoms with van der Waals surface area (Å²) in [6.07, 6.45) is 0.949. The van der Waals surface area contributed by atoms with Crippen LogP contribution in [0.3, 0.4) is 0 Å². The van der Waals surface area contributed by atoms with E-state index in [4.69, 9.17) is 4.74 Å². The summed E-state index contributed by atoms with van der Waals surface area (Å²) in [5.74, 6) is 1.28. The monoisotopic (exact) mass is 373 g/mol. The van der Waals surface area contributed by atoms with Crippen molar-refractivity contribution in [3.8, 4) is 5.75 Å². The molecule has 0 unspecified atom stereocenters. The molecule has 1 N–H and O–H groups in total. The molecule has 3 rings (SSSR count). The second kappa shape index (κ2) is 8.33. The van der Waals surface area contributed by atoms with Crippen molar-refractivity contribution in [3.05, 3.63) is 60.4 Å². The van der Waals surface area contributed by atoms with Gasteiger partial charge < -0.3 is 9.30 Å². The van der Waals surface area contributed by atoms with Gasteiger partial charge in [-0.1, -0.05) is 37.3 Å². The highest BCUT2D eigenvalue weighted by Gasteiger charge is 2.14. The average molecular weight is 373 g/mol. The Kier molecular flexibility index (Phi) is 5.90. The molecule has 0 radical (unpaired) electrons. The van der Waals surface area contributed by atoms with E-state index in [2.05, 4.69) is 21.2 Å². The number of fused-ring (bicyclic) bond motifs is 1. The van der Waals surface area contributed by atoms with Crippen LogP contribution in [0.1, 0.15) is 19.2 Å². The molecule has 0 fully saturated rings. The average Bonchev–Trinajstić information content (AvgIpc) is 2.99. The number of aryl methyl sites for hydroxylation is 1. The summed E-state index contributed by atoms with van der Waals surface area (Å²) in [6, 6.07) is 17.0. The third-order valence-electron chi connectivity index (χ3n) is 4.00. The Morgan fingerprint density at radius 3 is 2.58 bits per heavy atom. The van der Waals surface area contributed by atoms with Gasteiger partial charge in [-0.3, -0.25) is 0 Å². The van der Waals surface area contributed by atoms with Crippen molar-refractivity contribution >= 4 is 21.1 Å². The van der Waals surface area contributed by atoms with Crippen LogP contribution in [-0.2, 0) is 23.1 Å². The minimum Gasteiger partial charge on any atom is -0.492 e. The van der Waals surface area contributed by atoms with E-state index in [1.165, 1.54) is 0 Å². The second-order valence-electron chi connectivity index (χ2n) is 5.97. The van der Waals surface area contributed by atoms with Gasteiger partial charge in [-0.25, -0.2) is 18.1 Å². The molecular formula is C19H23N3O3S. The number of ether oxygens (including phenoxy) is 1. The molecule has 0 saturated heterocycles. The van der Waals surface area contributed by atoms with Crippen molar-refractivity contribution in [2.24, 2.45) is 0 Å². The Hall–Kier alpha value is -2.38. The molecule has 0 aliphatic carbocycles. The zero-order valence-corrected chi connectivity index (χ0v) is 15.6. The van der Waals surface area contributed by atoms with Crippen molar-refractivity contribution in [2.75, 3.05) is 12.4 Å². The number of rotatable bonds is 9. The van der Waals surface area contributed by atoms with Crippen LogP contribution in [0.2, 0.25) is 0 Å². The first-order valence-corrected chi connectivity index (χ1v) is 10.3. The van der Waals surface area contributed by atoms with E-state index in [9.17, 15) is 8.42 Å². The fourth-order valence-corrected chi connectivity index (χ4v) is 3.56. The van der Waals surface area contributed by atoms with Crippen molar-refractivity contribution < 1.29 is 13.2 Å². The molecule has 0 amide bonds. The first-order chi connectivity index (χ1) is 12.6. The van der Waals surface area contributed by atoms with Gasteiger partial charge in [0.15, 0.2) is 0 Å². The summed E-state index contributed by atoms with van der Waals surface area (Å²) < 4.78 is 34.7. The van der Waals surface area contributed by atoms with E-state index < -0.39 is 10.0 Å². The van der Waals surface area contributed by atoms with Crippen LogP contribution in [0.25, 0.3) is 11.0 Å². The van der Waals surface area contributed by atoms with E-state index in [1.807, 2.05) is 42.5 Å². The SMILES string of the molecule is CCCn1c(CNS(=O)(=O)CCOc2ccccc2)nc2ccccc21. The third kappa shape index (κ3) is 4.62. The predicted octanol–water partition coefficient (Wildman–Crippen LogP) is 2.94. The molecule has 26 heavy (non-hydrogen) atoms. The number of hydrogen-bond donors (Lipinski definition) is 1. The molecule has 6 nitrogen and oxygen atoms in total. The number of imidazole rings is 1. The maximum atomic E-state index is 12.3. The van der Waals surface area contributed by atoms with E-state index in [0.29, 0.717) is 5.75 Å². The number of hydrogen-bond acceptors (Lipinski definition) is 4.